The molecule has 0 saturated heterocycles. The van der Waals surface area contributed by atoms with Crippen LogP contribution in [0.15, 0.2) is 127 Å². The van der Waals surface area contributed by atoms with Gasteiger partial charge >= 0.3 is 0 Å². The molecule has 5 aromatic rings. The first-order chi connectivity index (χ1) is 16.4. The predicted octanol–water partition coefficient (Wildman–Crippen LogP) is 5.77. The third-order valence-electron chi connectivity index (χ3n) is 6.84. The van der Waals surface area contributed by atoms with Gasteiger partial charge in [0.05, 0.1) is 0 Å². The van der Waals surface area contributed by atoms with Crippen molar-refractivity contribution in [2.24, 2.45) is 0 Å². The highest BCUT2D eigenvalue weighted by molar-refractivity contribution is 7.00. The standard InChI is InChI=1S/C30H21BN2/c1-3-12-22(13-4-1)32-26-18-9-7-16-24(26)31-25-17-8-10-19-27(25)33(23-14-5-2-6-15-23)29-21-11-20-28(32)30(29)31/h1-21H/i32+1,33+1. The van der Waals surface area contributed by atoms with Gasteiger partial charge in [-0.05, 0) is 64.9 Å². The average molecular weight is 422 g/mol. The Labute approximate surface area is 194 Å². The summed E-state index contributed by atoms with van der Waals surface area (Å²) in [4.78, 5) is 4.84. The Bertz CT molecular complexity index is 1370. The summed E-state index contributed by atoms with van der Waals surface area (Å²) in [6.07, 6.45) is 0. The first-order valence-corrected chi connectivity index (χ1v) is 11.4. The van der Waals surface area contributed by atoms with Gasteiger partial charge in [-0.3, -0.25) is 0 Å². The highest BCUT2D eigenvalue weighted by Gasteiger charge is 2.42. The Hall–Kier alpha value is -4.24. The molecule has 0 bridgehead atoms. The van der Waals surface area contributed by atoms with E-state index in [0.29, 0.717) is 0 Å². The molecule has 0 aromatic heterocycles. The summed E-state index contributed by atoms with van der Waals surface area (Å²) in [7, 11) is 0. The van der Waals surface area contributed by atoms with Gasteiger partial charge in [0.1, 0.15) is 0 Å². The molecule has 2 aliphatic rings. The molecule has 0 saturated carbocycles. The Morgan fingerprint density at radius 3 is 1.24 bits per heavy atom. The van der Waals surface area contributed by atoms with E-state index in [1.54, 1.807) is 0 Å². The second-order valence-electron chi connectivity index (χ2n) is 8.60. The van der Waals surface area contributed by atoms with E-state index in [1.807, 2.05) is 0 Å². The normalized spacial score (nSPS) is 13.3. The molecule has 3 heteroatoms. The smallest absolute Gasteiger partial charge is 0.252 e. The van der Waals surface area contributed by atoms with Crippen LogP contribution in [0.1, 0.15) is 0 Å². The van der Waals surface area contributed by atoms with E-state index in [2.05, 4.69) is 137 Å². The number of rotatable bonds is 2. The van der Waals surface area contributed by atoms with Gasteiger partial charge in [0.15, 0.2) is 0 Å². The van der Waals surface area contributed by atoms with E-state index < -0.39 is 0 Å². The maximum atomic E-state index is 2.42. The van der Waals surface area contributed by atoms with Crippen molar-refractivity contribution in [2.75, 3.05) is 9.80 Å². The Morgan fingerprint density at radius 1 is 0.364 bits per heavy atom. The number of para-hydroxylation sites is 4. The van der Waals surface area contributed by atoms with Crippen molar-refractivity contribution >= 4 is 57.2 Å². The lowest BCUT2D eigenvalue weighted by Crippen LogP contribution is -2.61. The van der Waals surface area contributed by atoms with Crippen LogP contribution >= 0.6 is 0 Å². The number of anilines is 6. The van der Waals surface area contributed by atoms with Crippen LogP contribution in [0.4, 0.5) is 34.1 Å². The summed E-state index contributed by atoms with van der Waals surface area (Å²) < 4.78 is 0. The lowest BCUT2D eigenvalue weighted by atomic mass is 9.34. The fraction of sp³-hybridized carbons (Fsp3) is 0. The highest BCUT2D eigenvalue weighted by Crippen LogP contribution is 2.43. The topological polar surface area (TPSA) is 6.48 Å². The summed E-state index contributed by atoms with van der Waals surface area (Å²) in [6, 6.07) is 45.9. The fourth-order valence-corrected chi connectivity index (χ4v) is 5.55. The number of fused-ring (bicyclic) bond motifs is 4. The lowest BCUT2D eigenvalue weighted by Gasteiger charge is -2.44. The fourth-order valence-electron chi connectivity index (χ4n) is 5.55. The van der Waals surface area contributed by atoms with Gasteiger partial charge in [-0.2, -0.15) is 0 Å². The molecule has 0 unspecified atom stereocenters. The third-order valence-corrected chi connectivity index (χ3v) is 6.84. The number of hydrogen-bond acceptors (Lipinski definition) is 2. The molecular formula is C30H21BN2. The monoisotopic (exact) mass is 422 g/mol. The zero-order chi connectivity index (χ0) is 21.8. The van der Waals surface area contributed by atoms with Crippen LogP contribution in [-0.4, -0.2) is 6.71 Å². The molecule has 2 aliphatic heterocycles. The third kappa shape index (κ3) is 2.63. The van der Waals surface area contributed by atoms with Crippen molar-refractivity contribution in [3.8, 4) is 0 Å². The van der Waals surface area contributed by atoms with Crippen molar-refractivity contribution in [3.05, 3.63) is 127 Å². The average Bonchev–Trinajstić information content (AvgIpc) is 2.89. The summed E-state index contributed by atoms with van der Waals surface area (Å²) in [6.45, 7) is 0.198. The van der Waals surface area contributed by atoms with Gasteiger partial charge in [-0.1, -0.05) is 78.9 Å². The summed E-state index contributed by atoms with van der Waals surface area (Å²) in [5.41, 5.74) is 11.4. The molecule has 0 aliphatic carbocycles. The second-order valence-corrected chi connectivity index (χ2v) is 8.60. The van der Waals surface area contributed by atoms with Gasteiger partial charge in [0.2, 0.25) is 0 Å². The Morgan fingerprint density at radius 2 is 0.758 bits per heavy atom. The van der Waals surface area contributed by atoms with Gasteiger partial charge < -0.3 is 9.80 Å². The van der Waals surface area contributed by atoms with Crippen molar-refractivity contribution in [1.29, 1.82) is 0 Å². The van der Waals surface area contributed by atoms with Crippen LogP contribution in [0.3, 0.4) is 0 Å². The molecule has 0 atom stereocenters. The molecule has 5 aromatic carbocycles. The molecule has 0 spiro atoms. The summed E-state index contributed by atoms with van der Waals surface area (Å²) in [5.74, 6) is 0. The molecule has 33 heavy (non-hydrogen) atoms. The van der Waals surface area contributed by atoms with Crippen LogP contribution < -0.4 is 26.2 Å². The zero-order valence-electron chi connectivity index (χ0n) is 18.1. The van der Waals surface area contributed by atoms with E-state index >= 15 is 0 Å². The first kappa shape index (κ1) is 18.3. The van der Waals surface area contributed by atoms with Crippen LogP contribution in [-0.2, 0) is 0 Å². The second kappa shape index (κ2) is 7.14. The Kier molecular flexibility index (Phi) is 3.97. The van der Waals surface area contributed by atoms with E-state index in [-0.39, 0.29) is 6.71 Å². The van der Waals surface area contributed by atoms with Crippen molar-refractivity contribution in [1.82, 2.24) is 0 Å². The first-order valence-electron chi connectivity index (χ1n) is 11.4. The quantitative estimate of drug-likeness (QED) is 0.258. The number of benzene rings is 5. The molecular weight excluding hydrogens is 401 g/mol. The van der Waals surface area contributed by atoms with Crippen molar-refractivity contribution in [2.45, 2.75) is 0 Å². The van der Waals surface area contributed by atoms with Gasteiger partial charge in [-0.15, -0.1) is 0 Å². The molecule has 0 amide bonds. The zero-order valence-corrected chi connectivity index (χ0v) is 18.1. The van der Waals surface area contributed by atoms with Crippen LogP contribution in [0.25, 0.3) is 0 Å². The van der Waals surface area contributed by atoms with Gasteiger partial charge in [-0.25, -0.2) is 0 Å². The lowest BCUT2D eigenvalue weighted by molar-refractivity contribution is 1.25. The molecule has 0 radical (unpaired) electrons. The van der Waals surface area contributed by atoms with Crippen molar-refractivity contribution in [3.63, 3.8) is 0 Å². The van der Waals surface area contributed by atoms with E-state index in [9.17, 15) is 0 Å². The number of nitrogens with zero attached hydrogens (tertiary/aromatic N) is 2. The highest BCUT2D eigenvalue weighted by atomic mass is 15.9. The molecule has 2 heterocycles. The minimum absolute atomic E-state index is 0.198. The minimum atomic E-state index is 0.198. The largest absolute Gasteiger partial charge is 0.311 e. The SMILES string of the molecule is c1ccc([15N]2c3ccccc3B3c4ccccc4[15N](c4ccccc4)c4cccc2c43)cc1. The maximum absolute atomic E-state index is 2.42. The molecule has 0 N–H and O–H groups in total. The molecule has 0 fully saturated rings. The molecule has 2 nitrogen and oxygen atoms in total. The molecule has 7 rings (SSSR count). The summed E-state index contributed by atoms with van der Waals surface area (Å²) in [5, 5.41) is 0. The Balaban J connectivity index is 1.58. The van der Waals surface area contributed by atoms with Crippen LogP contribution in [0.5, 0.6) is 0 Å². The molecule has 154 valence electrons. The van der Waals surface area contributed by atoms with E-state index in [0.717, 1.165) is 0 Å². The summed E-state index contributed by atoms with van der Waals surface area (Å²) >= 11 is 0. The van der Waals surface area contributed by atoms with E-state index in [4.69, 9.17) is 0 Å². The van der Waals surface area contributed by atoms with E-state index in [1.165, 1.54) is 50.5 Å². The van der Waals surface area contributed by atoms with Crippen molar-refractivity contribution < 1.29 is 0 Å². The minimum Gasteiger partial charge on any atom is -0.311 e. The van der Waals surface area contributed by atoms with Gasteiger partial charge in [0, 0.05) is 34.1 Å². The van der Waals surface area contributed by atoms with Crippen LogP contribution in [0, 0.1) is 0 Å². The number of hydrogen-bond donors (Lipinski definition) is 0. The van der Waals surface area contributed by atoms with Gasteiger partial charge in [0.25, 0.3) is 6.71 Å². The maximum Gasteiger partial charge on any atom is 0.252 e. The van der Waals surface area contributed by atoms with Crippen LogP contribution in [0.2, 0.25) is 0 Å². The predicted molar refractivity (Wildman–Crippen MR) is 140 cm³/mol.